The lowest BCUT2D eigenvalue weighted by Gasteiger charge is -2.11. The van der Waals surface area contributed by atoms with Crippen LogP contribution in [0.5, 0.6) is 11.5 Å². The van der Waals surface area contributed by atoms with Gasteiger partial charge in [-0.3, -0.25) is 4.79 Å². The van der Waals surface area contributed by atoms with Crippen molar-refractivity contribution in [1.82, 2.24) is 0 Å². The Morgan fingerprint density at radius 2 is 1.74 bits per heavy atom. The van der Waals surface area contributed by atoms with E-state index >= 15 is 0 Å². The first-order valence-electron chi connectivity index (χ1n) is 6.80. The van der Waals surface area contributed by atoms with E-state index in [1.165, 1.54) is 21.3 Å². The van der Waals surface area contributed by atoms with Gasteiger partial charge < -0.3 is 19.5 Å². The van der Waals surface area contributed by atoms with Crippen LogP contribution in [0.4, 0.5) is 5.69 Å². The van der Waals surface area contributed by atoms with E-state index in [0.717, 1.165) is 0 Å². The van der Waals surface area contributed by atoms with Crippen molar-refractivity contribution in [3.63, 3.8) is 0 Å². The van der Waals surface area contributed by atoms with E-state index in [4.69, 9.17) is 9.47 Å². The van der Waals surface area contributed by atoms with E-state index in [9.17, 15) is 9.59 Å². The maximum atomic E-state index is 12.4. The molecule has 0 fully saturated rings. The average molecular weight is 315 g/mol. The van der Waals surface area contributed by atoms with Gasteiger partial charge in [0, 0.05) is 11.8 Å². The molecule has 1 amide bonds. The summed E-state index contributed by atoms with van der Waals surface area (Å²) >= 11 is 0. The molecule has 120 valence electrons. The molecule has 0 aliphatic rings. The molecule has 6 heteroatoms. The number of anilines is 1. The van der Waals surface area contributed by atoms with Crippen molar-refractivity contribution < 1.29 is 23.8 Å². The van der Waals surface area contributed by atoms with Gasteiger partial charge in [0.15, 0.2) is 0 Å². The minimum Gasteiger partial charge on any atom is -0.497 e. The smallest absolute Gasteiger partial charge is 0.337 e. The van der Waals surface area contributed by atoms with E-state index in [2.05, 4.69) is 10.1 Å². The topological polar surface area (TPSA) is 73.9 Å². The molecule has 2 aromatic carbocycles. The van der Waals surface area contributed by atoms with Crippen molar-refractivity contribution in [2.24, 2.45) is 0 Å². The Kier molecular flexibility index (Phi) is 5.19. The van der Waals surface area contributed by atoms with Gasteiger partial charge in [-0.1, -0.05) is 6.07 Å². The average Bonchev–Trinajstić information content (AvgIpc) is 2.60. The van der Waals surface area contributed by atoms with Crippen molar-refractivity contribution in [2.75, 3.05) is 26.6 Å². The van der Waals surface area contributed by atoms with Crippen LogP contribution in [0.3, 0.4) is 0 Å². The van der Waals surface area contributed by atoms with Crippen molar-refractivity contribution in [2.45, 2.75) is 0 Å². The van der Waals surface area contributed by atoms with Crippen LogP contribution < -0.4 is 14.8 Å². The normalized spacial score (nSPS) is 9.87. The van der Waals surface area contributed by atoms with Gasteiger partial charge in [-0.25, -0.2) is 4.79 Å². The van der Waals surface area contributed by atoms with Gasteiger partial charge in [-0.15, -0.1) is 0 Å². The SMILES string of the molecule is COC(=O)c1cccc(NC(=O)c2ccc(OC)cc2OC)c1. The zero-order valence-corrected chi connectivity index (χ0v) is 13.1. The number of methoxy groups -OCH3 is 3. The number of carbonyl (C=O) groups is 2. The highest BCUT2D eigenvalue weighted by Crippen LogP contribution is 2.25. The molecule has 2 rings (SSSR count). The molecule has 1 N–H and O–H groups in total. The Hall–Kier alpha value is -3.02. The maximum absolute atomic E-state index is 12.4. The molecule has 0 radical (unpaired) electrons. The van der Waals surface area contributed by atoms with E-state index in [1.807, 2.05) is 0 Å². The van der Waals surface area contributed by atoms with Crippen LogP contribution in [0.25, 0.3) is 0 Å². The van der Waals surface area contributed by atoms with Gasteiger partial charge in [0.25, 0.3) is 5.91 Å². The van der Waals surface area contributed by atoms with E-state index < -0.39 is 5.97 Å². The quantitative estimate of drug-likeness (QED) is 0.859. The molecule has 0 saturated heterocycles. The lowest BCUT2D eigenvalue weighted by Crippen LogP contribution is -2.14. The highest BCUT2D eigenvalue weighted by atomic mass is 16.5. The molecule has 0 aliphatic carbocycles. The zero-order valence-electron chi connectivity index (χ0n) is 13.1. The number of nitrogens with one attached hydrogen (secondary N) is 1. The van der Waals surface area contributed by atoms with Crippen LogP contribution >= 0.6 is 0 Å². The van der Waals surface area contributed by atoms with Crippen LogP contribution in [0.1, 0.15) is 20.7 Å². The Balaban J connectivity index is 2.24. The highest BCUT2D eigenvalue weighted by molar-refractivity contribution is 6.06. The number of carbonyl (C=O) groups excluding carboxylic acids is 2. The fourth-order valence-corrected chi connectivity index (χ4v) is 2.03. The first-order chi connectivity index (χ1) is 11.1. The van der Waals surface area contributed by atoms with Crippen LogP contribution in [0.15, 0.2) is 42.5 Å². The van der Waals surface area contributed by atoms with Crippen LogP contribution in [-0.4, -0.2) is 33.2 Å². The molecule has 0 spiro atoms. The molecule has 0 unspecified atom stereocenters. The second kappa shape index (κ2) is 7.31. The summed E-state index contributed by atoms with van der Waals surface area (Å²) in [5.74, 6) is 0.159. The van der Waals surface area contributed by atoms with Crippen LogP contribution in [-0.2, 0) is 4.74 Å². The largest absolute Gasteiger partial charge is 0.497 e. The third-order valence-electron chi connectivity index (χ3n) is 3.19. The lowest BCUT2D eigenvalue weighted by molar-refractivity contribution is 0.0600. The summed E-state index contributed by atoms with van der Waals surface area (Å²) in [6.45, 7) is 0. The molecule has 0 aromatic heterocycles. The van der Waals surface area contributed by atoms with Crippen molar-refractivity contribution in [1.29, 1.82) is 0 Å². The fraction of sp³-hybridized carbons (Fsp3) is 0.176. The van der Waals surface area contributed by atoms with Gasteiger partial charge in [0.05, 0.1) is 32.5 Å². The minimum absolute atomic E-state index is 0.354. The summed E-state index contributed by atoms with van der Waals surface area (Å²) in [7, 11) is 4.31. The molecule has 0 saturated carbocycles. The number of esters is 1. The summed E-state index contributed by atoms with van der Waals surface area (Å²) < 4.78 is 15.0. The van der Waals surface area contributed by atoms with Crippen molar-refractivity contribution in [3.8, 4) is 11.5 Å². The van der Waals surface area contributed by atoms with Crippen molar-refractivity contribution >= 4 is 17.6 Å². The second-order valence-corrected chi connectivity index (χ2v) is 4.59. The van der Waals surface area contributed by atoms with E-state index in [-0.39, 0.29) is 5.91 Å². The maximum Gasteiger partial charge on any atom is 0.337 e. The standard InChI is InChI=1S/C17H17NO5/c1-21-13-7-8-14(15(10-13)22-2)16(19)18-12-6-4-5-11(9-12)17(20)23-3/h4-10H,1-3H3,(H,18,19). The Morgan fingerprint density at radius 3 is 2.39 bits per heavy atom. The zero-order chi connectivity index (χ0) is 16.8. The predicted molar refractivity (Wildman–Crippen MR) is 85.3 cm³/mol. The van der Waals surface area contributed by atoms with Gasteiger partial charge in [-0.2, -0.15) is 0 Å². The molecular weight excluding hydrogens is 298 g/mol. The molecule has 0 aliphatic heterocycles. The Morgan fingerprint density at radius 1 is 0.957 bits per heavy atom. The molecular formula is C17H17NO5. The van der Waals surface area contributed by atoms with Gasteiger partial charge in [0.2, 0.25) is 0 Å². The molecule has 23 heavy (non-hydrogen) atoms. The predicted octanol–water partition coefficient (Wildman–Crippen LogP) is 2.74. The third-order valence-corrected chi connectivity index (χ3v) is 3.19. The van der Waals surface area contributed by atoms with Gasteiger partial charge in [0.1, 0.15) is 11.5 Å². The Bertz CT molecular complexity index is 727. The molecule has 0 bridgehead atoms. The van der Waals surface area contributed by atoms with Crippen LogP contribution in [0, 0.1) is 0 Å². The van der Waals surface area contributed by atoms with Crippen molar-refractivity contribution in [3.05, 3.63) is 53.6 Å². The molecule has 0 heterocycles. The highest BCUT2D eigenvalue weighted by Gasteiger charge is 2.14. The first kappa shape index (κ1) is 16.4. The number of ether oxygens (including phenoxy) is 3. The van der Waals surface area contributed by atoms with Gasteiger partial charge >= 0.3 is 5.97 Å². The summed E-state index contributed by atoms with van der Waals surface area (Å²) in [5.41, 5.74) is 1.19. The summed E-state index contributed by atoms with van der Waals surface area (Å²) in [5, 5.41) is 2.72. The number of benzene rings is 2. The van der Waals surface area contributed by atoms with E-state index in [0.29, 0.717) is 28.3 Å². The van der Waals surface area contributed by atoms with Crippen LogP contribution in [0.2, 0.25) is 0 Å². The minimum atomic E-state index is -0.469. The number of hydrogen-bond acceptors (Lipinski definition) is 5. The Labute approximate surface area is 134 Å². The molecule has 2 aromatic rings. The molecule has 6 nitrogen and oxygen atoms in total. The summed E-state index contributed by atoms with van der Waals surface area (Å²) in [6.07, 6.45) is 0. The van der Waals surface area contributed by atoms with E-state index in [1.54, 1.807) is 42.5 Å². The lowest BCUT2D eigenvalue weighted by atomic mass is 10.1. The number of rotatable bonds is 5. The van der Waals surface area contributed by atoms with Gasteiger partial charge in [-0.05, 0) is 30.3 Å². The first-order valence-corrected chi connectivity index (χ1v) is 6.80. The monoisotopic (exact) mass is 315 g/mol. The number of amides is 1. The summed E-state index contributed by atoms with van der Waals surface area (Å²) in [4.78, 5) is 23.9. The third kappa shape index (κ3) is 3.79. The number of hydrogen-bond donors (Lipinski definition) is 1. The fourth-order valence-electron chi connectivity index (χ4n) is 2.03. The molecule has 0 atom stereocenters. The second-order valence-electron chi connectivity index (χ2n) is 4.59. The summed E-state index contributed by atoms with van der Waals surface area (Å²) in [6, 6.07) is 11.4.